The molecule has 1 aromatic carbocycles. The van der Waals surface area contributed by atoms with Gasteiger partial charge in [-0.1, -0.05) is 0 Å². The summed E-state index contributed by atoms with van der Waals surface area (Å²) in [6.45, 7) is 2.95. The number of benzene rings is 1. The minimum atomic E-state index is -0.568. The highest BCUT2D eigenvalue weighted by atomic mass is 79.9. The van der Waals surface area contributed by atoms with Crippen molar-refractivity contribution in [2.45, 2.75) is 13.0 Å². The van der Waals surface area contributed by atoms with Gasteiger partial charge in [-0.25, -0.2) is 0 Å². The molecular formula is C12H18BrNO3. The molecule has 0 spiro atoms. The van der Waals surface area contributed by atoms with E-state index in [1.165, 1.54) is 0 Å². The molecule has 1 unspecified atom stereocenters. The second-order valence-electron chi connectivity index (χ2n) is 3.54. The predicted octanol–water partition coefficient (Wildman–Crippen LogP) is 2.11. The maximum Gasteiger partial charge on any atom is 0.174 e. The van der Waals surface area contributed by atoms with Gasteiger partial charge in [-0.15, -0.1) is 0 Å². The Balaban J connectivity index is 3.09. The summed E-state index contributed by atoms with van der Waals surface area (Å²) in [5.74, 6) is 1.28. The summed E-state index contributed by atoms with van der Waals surface area (Å²) >= 11 is 3.41. The van der Waals surface area contributed by atoms with E-state index in [-0.39, 0.29) is 0 Å². The van der Waals surface area contributed by atoms with Crippen molar-refractivity contribution in [2.24, 2.45) is 0 Å². The van der Waals surface area contributed by atoms with E-state index in [1.807, 2.05) is 13.0 Å². The van der Waals surface area contributed by atoms with Gasteiger partial charge >= 0.3 is 0 Å². The zero-order valence-electron chi connectivity index (χ0n) is 10.3. The van der Waals surface area contributed by atoms with Crippen molar-refractivity contribution in [1.29, 1.82) is 0 Å². The second-order valence-corrected chi connectivity index (χ2v) is 4.39. The van der Waals surface area contributed by atoms with Gasteiger partial charge in [0.25, 0.3) is 0 Å². The van der Waals surface area contributed by atoms with E-state index < -0.39 is 6.10 Å². The lowest BCUT2D eigenvalue weighted by atomic mass is 10.1. The summed E-state index contributed by atoms with van der Waals surface area (Å²) in [4.78, 5) is 0. The van der Waals surface area contributed by atoms with E-state index in [2.05, 4.69) is 21.2 Å². The van der Waals surface area contributed by atoms with E-state index >= 15 is 0 Å². The Kier molecular flexibility index (Phi) is 5.74. The Morgan fingerprint density at radius 3 is 2.71 bits per heavy atom. The van der Waals surface area contributed by atoms with Crippen LogP contribution in [0.1, 0.15) is 18.6 Å². The maximum atomic E-state index is 9.92. The molecule has 0 bridgehead atoms. The summed E-state index contributed by atoms with van der Waals surface area (Å²) in [7, 11) is 3.39. The van der Waals surface area contributed by atoms with Crippen molar-refractivity contribution in [3.63, 3.8) is 0 Å². The van der Waals surface area contributed by atoms with Gasteiger partial charge in [0, 0.05) is 6.54 Å². The summed E-state index contributed by atoms with van der Waals surface area (Å²) in [6, 6.07) is 3.64. The molecule has 4 nitrogen and oxygen atoms in total. The topological polar surface area (TPSA) is 50.7 Å². The normalized spacial score (nSPS) is 12.3. The Morgan fingerprint density at radius 1 is 1.47 bits per heavy atom. The second kappa shape index (κ2) is 6.83. The molecule has 2 N–H and O–H groups in total. The van der Waals surface area contributed by atoms with E-state index in [9.17, 15) is 5.11 Å². The van der Waals surface area contributed by atoms with E-state index in [1.54, 1.807) is 20.2 Å². The molecule has 0 radical (unpaired) electrons. The van der Waals surface area contributed by atoms with Crippen LogP contribution < -0.4 is 14.8 Å². The number of nitrogens with one attached hydrogen (secondary N) is 1. The molecule has 0 aliphatic heterocycles. The van der Waals surface area contributed by atoms with E-state index in [4.69, 9.17) is 9.47 Å². The van der Waals surface area contributed by atoms with Gasteiger partial charge in [0.2, 0.25) is 0 Å². The van der Waals surface area contributed by atoms with Gasteiger partial charge in [-0.3, -0.25) is 0 Å². The van der Waals surface area contributed by atoms with E-state index in [0.29, 0.717) is 24.7 Å². The van der Waals surface area contributed by atoms with Crippen molar-refractivity contribution in [1.82, 2.24) is 5.32 Å². The highest BCUT2D eigenvalue weighted by Crippen LogP contribution is 2.37. The molecule has 96 valence electrons. The largest absolute Gasteiger partial charge is 0.492 e. The molecule has 0 heterocycles. The average Bonchev–Trinajstić information content (AvgIpc) is 2.29. The quantitative estimate of drug-likeness (QED) is 0.845. The summed E-state index contributed by atoms with van der Waals surface area (Å²) in [5, 5.41) is 12.8. The fraction of sp³-hybridized carbons (Fsp3) is 0.500. The number of hydrogen-bond donors (Lipinski definition) is 2. The number of hydrogen-bond acceptors (Lipinski definition) is 4. The molecule has 0 amide bonds. The molecule has 1 rings (SSSR count). The van der Waals surface area contributed by atoms with Crippen molar-refractivity contribution in [3.8, 4) is 11.5 Å². The number of rotatable bonds is 6. The van der Waals surface area contributed by atoms with Gasteiger partial charge in [0.1, 0.15) is 0 Å². The van der Waals surface area contributed by atoms with Gasteiger partial charge in [0.15, 0.2) is 11.5 Å². The zero-order valence-corrected chi connectivity index (χ0v) is 11.9. The average molecular weight is 304 g/mol. The third kappa shape index (κ3) is 3.59. The van der Waals surface area contributed by atoms with Gasteiger partial charge < -0.3 is 19.9 Å². The molecule has 1 atom stereocenters. The number of likely N-dealkylation sites (N-methyl/N-ethyl adjacent to an activating group) is 1. The molecule has 0 aromatic heterocycles. The van der Waals surface area contributed by atoms with Crippen LogP contribution in [0.4, 0.5) is 0 Å². The summed E-state index contributed by atoms with van der Waals surface area (Å²) in [5.41, 5.74) is 0.787. The van der Waals surface area contributed by atoms with Crippen LogP contribution in [0.3, 0.4) is 0 Å². The predicted molar refractivity (Wildman–Crippen MR) is 70.7 cm³/mol. The summed E-state index contributed by atoms with van der Waals surface area (Å²) < 4.78 is 11.5. The number of methoxy groups -OCH3 is 1. The van der Waals surface area contributed by atoms with E-state index in [0.717, 1.165) is 10.0 Å². The zero-order chi connectivity index (χ0) is 12.8. The molecule has 17 heavy (non-hydrogen) atoms. The van der Waals surface area contributed by atoms with Crippen LogP contribution in [0, 0.1) is 0 Å². The molecular weight excluding hydrogens is 286 g/mol. The smallest absolute Gasteiger partial charge is 0.174 e. The first kappa shape index (κ1) is 14.3. The first-order valence-corrected chi connectivity index (χ1v) is 6.26. The monoisotopic (exact) mass is 303 g/mol. The number of aliphatic hydroxyl groups excluding tert-OH is 1. The van der Waals surface area contributed by atoms with Crippen LogP contribution in [-0.2, 0) is 0 Å². The fourth-order valence-corrected chi connectivity index (χ4v) is 2.17. The fourth-order valence-electron chi connectivity index (χ4n) is 1.55. The minimum Gasteiger partial charge on any atom is -0.492 e. The Bertz CT molecular complexity index is 371. The molecule has 0 aliphatic rings. The maximum absolute atomic E-state index is 9.92. The third-order valence-electron chi connectivity index (χ3n) is 2.32. The first-order valence-electron chi connectivity index (χ1n) is 5.46. The lowest BCUT2D eigenvalue weighted by Crippen LogP contribution is -2.16. The molecule has 0 fully saturated rings. The Morgan fingerprint density at radius 2 is 2.18 bits per heavy atom. The van der Waals surface area contributed by atoms with Crippen LogP contribution >= 0.6 is 15.9 Å². The van der Waals surface area contributed by atoms with Crippen LogP contribution in [-0.4, -0.2) is 32.4 Å². The van der Waals surface area contributed by atoms with Crippen LogP contribution in [0.25, 0.3) is 0 Å². The molecule has 0 saturated carbocycles. The van der Waals surface area contributed by atoms with Crippen molar-refractivity contribution in [3.05, 3.63) is 22.2 Å². The number of halogens is 1. The molecule has 5 heteroatoms. The lowest BCUT2D eigenvalue weighted by molar-refractivity contribution is 0.177. The number of aliphatic hydroxyl groups is 1. The van der Waals surface area contributed by atoms with Crippen molar-refractivity contribution >= 4 is 15.9 Å². The molecule has 0 aliphatic carbocycles. The minimum absolute atomic E-state index is 0.490. The highest BCUT2D eigenvalue weighted by molar-refractivity contribution is 9.10. The van der Waals surface area contributed by atoms with Crippen LogP contribution in [0.5, 0.6) is 11.5 Å². The number of ether oxygens (including phenoxy) is 2. The highest BCUT2D eigenvalue weighted by Gasteiger charge is 2.15. The van der Waals surface area contributed by atoms with Crippen LogP contribution in [0.2, 0.25) is 0 Å². The molecule has 1 aromatic rings. The Hall–Kier alpha value is -0.780. The Labute approximate surface area is 110 Å². The van der Waals surface area contributed by atoms with Gasteiger partial charge in [0.05, 0.1) is 24.3 Å². The first-order chi connectivity index (χ1) is 8.13. The van der Waals surface area contributed by atoms with Gasteiger partial charge in [-0.05, 0) is 47.6 Å². The van der Waals surface area contributed by atoms with Gasteiger partial charge in [-0.2, -0.15) is 0 Å². The SMILES string of the molecule is CCOc1cc(C(O)CNC)cc(Br)c1OC. The molecule has 0 saturated heterocycles. The van der Waals surface area contributed by atoms with Crippen molar-refractivity contribution in [2.75, 3.05) is 27.3 Å². The summed E-state index contributed by atoms with van der Waals surface area (Å²) in [6.07, 6.45) is -0.568. The standard InChI is InChI=1S/C12H18BrNO3/c1-4-17-11-6-8(10(15)7-14-2)5-9(13)12(11)16-3/h5-6,10,14-15H,4,7H2,1-3H3. The van der Waals surface area contributed by atoms with Crippen LogP contribution in [0.15, 0.2) is 16.6 Å². The lowest BCUT2D eigenvalue weighted by Gasteiger charge is -2.16. The third-order valence-corrected chi connectivity index (χ3v) is 2.91. The van der Waals surface area contributed by atoms with Crippen molar-refractivity contribution < 1.29 is 14.6 Å².